The minimum atomic E-state index is -3.48. The van der Waals surface area contributed by atoms with Gasteiger partial charge < -0.3 is 4.90 Å². The van der Waals surface area contributed by atoms with Gasteiger partial charge in [0.1, 0.15) is 5.01 Å². The van der Waals surface area contributed by atoms with E-state index in [-0.39, 0.29) is 17.2 Å². The number of hydrogen-bond acceptors (Lipinski definition) is 6. The molecule has 28 heavy (non-hydrogen) atoms. The third-order valence-electron chi connectivity index (χ3n) is 4.68. The predicted molar refractivity (Wildman–Crippen MR) is 113 cm³/mol. The normalized spacial score (nSPS) is 13.9. The summed E-state index contributed by atoms with van der Waals surface area (Å²) in [7, 11) is -0.460. The lowest BCUT2D eigenvalue weighted by Gasteiger charge is -2.17. The van der Waals surface area contributed by atoms with Crippen molar-refractivity contribution in [3.05, 3.63) is 51.7 Å². The van der Waals surface area contributed by atoms with Crippen LogP contribution in [0.1, 0.15) is 11.3 Å². The minimum absolute atomic E-state index is 0.0239. The van der Waals surface area contributed by atoms with Crippen LogP contribution in [0.5, 0.6) is 0 Å². The number of fused-ring (bicyclic) bond motifs is 1. The number of hydrogen-bond donors (Lipinski definition) is 0. The van der Waals surface area contributed by atoms with E-state index in [2.05, 4.69) is 4.98 Å². The molecule has 9 heteroatoms. The summed E-state index contributed by atoms with van der Waals surface area (Å²) >= 11 is 3.16. The van der Waals surface area contributed by atoms with Crippen LogP contribution in [0.15, 0.2) is 45.3 Å². The number of rotatable bonds is 5. The molecular formula is C19H19N3O3S3. The van der Waals surface area contributed by atoms with Gasteiger partial charge in [0, 0.05) is 42.7 Å². The Morgan fingerprint density at radius 1 is 1.25 bits per heavy atom. The third-order valence-corrected chi connectivity index (χ3v) is 8.11. The molecule has 1 amide bonds. The van der Waals surface area contributed by atoms with Gasteiger partial charge in [-0.05, 0) is 41.6 Å². The van der Waals surface area contributed by atoms with Crippen molar-refractivity contribution >= 4 is 44.3 Å². The summed E-state index contributed by atoms with van der Waals surface area (Å²) in [4.78, 5) is 19.4. The van der Waals surface area contributed by atoms with Gasteiger partial charge in [0.25, 0.3) is 0 Å². The standard InChI is InChI=1S/C19H19N3O3S3/c1-21(2)28(24,25)16-3-4-17-13(9-16)5-7-22(17)18(23)10-15-12-27-19(20-15)14-6-8-26-11-14/h3-4,6,8-9,11-12H,5,7,10H2,1-2H3. The molecule has 0 fully saturated rings. The Morgan fingerprint density at radius 3 is 2.79 bits per heavy atom. The Kier molecular flexibility index (Phi) is 5.09. The van der Waals surface area contributed by atoms with Crippen LogP contribution in [0.3, 0.4) is 0 Å². The molecule has 2 aromatic heterocycles. The van der Waals surface area contributed by atoms with Crippen LogP contribution in [-0.4, -0.2) is 44.3 Å². The van der Waals surface area contributed by atoms with Crippen molar-refractivity contribution in [2.24, 2.45) is 0 Å². The van der Waals surface area contributed by atoms with Gasteiger partial charge in [-0.1, -0.05) is 0 Å². The maximum absolute atomic E-state index is 12.8. The molecule has 0 unspecified atom stereocenters. The highest BCUT2D eigenvalue weighted by molar-refractivity contribution is 7.89. The largest absolute Gasteiger partial charge is 0.311 e. The van der Waals surface area contributed by atoms with Crippen LogP contribution in [0.4, 0.5) is 5.69 Å². The highest BCUT2D eigenvalue weighted by Crippen LogP contribution is 2.32. The number of thiazole rings is 1. The summed E-state index contributed by atoms with van der Waals surface area (Å²) < 4.78 is 25.8. The van der Waals surface area contributed by atoms with Crippen molar-refractivity contribution in [3.8, 4) is 10.6 Å². The van der Waals surface area contributed by atoms with E-state index in [1.54, 1.807) is 34.4 Å². The van der Waals surface area contributed by atoms with Crippen LogP contribution >= 0.6 is 22.7 Å². The molecule has 3 aromatic rings. The number of thiophene rings is 1. The highest BCUT2D eigenvalue weighted by atomic mass is 32.2. The summed E-state index contributed by atoms with van der Waals surface area (Å²) in [5.41, 5.74) is 3.51. The second-order valence-electron chi connectivity index (χ2n) is 6.71. The van der Waals surface area contributed by atoms with Crippen molar-refractivity contribution in [2.75, 3.05) is 25.5 Å². The zero-order valence-electron chi connectivity index (χ0n) is 15.5. The fourth-order valence-electron chi connectivity index (χ4n) is 3.17. The van der Waals surface area contributed by atoms with Crippen LogP contribution < -0.4 is 4.90 Å². The Labute approximate surface area is 172 Å². The average Bonchev–Trinajstić information content (AvgIpc) is 3.40. The van der Waals surface area contributed by atoms with Crippen LogP contribution in [0.25, 0.3) is 10.6 Å². The molecule has 0 spiro atoms. The van der Waals surface area contributed by atoms with Crippen molar-refractivity contribution in [3.63, 3.8) is 0 Å². The lowest BCUT2D eigenvalue weighted by atomic mass is 10.2. The third kappa shape index (κ3) is 3.50. The first kappa shape index (κ1) is 19.3. The van der Waals surface area contributed by atoms with E-state index in [0.29, 0.717) is 13.0 Å². The summed E-state index contributed by atoms with van der Waals surface area (Å²) in [6, 6.07) is 6.99. The quantitative estimate of drug-likeness (QED) is 0.619. The van der Waals surface area contributed by atoms with Crippen molar-refractivity contribution in [1.82, 2.24) is 9.29 Å². The number of carbonyl (C=O) groups is 1. The first-order valence-electron chi connectivity index (χ1n) is 8.69. The van der Waals surface area contributed by atoms with E-state index < -0.39 is 10.0 Å². The number of aromatic nitrogens is 1. The summed E-state index contributed by atoms with van der Waals surface area (Å²) in [5, 5.41) is 6.90. The topological polar surface area (TPSA) is 70.6 Å². The fourth-order valence-corrected chi connectivity index (χ4v) is 5.65. The summed E-state index contributed by atoms with van der Waals surface area (Å²) in [5.74, 6) is -0.0239. The number of anilines is 1. The molecule has 3 heterocycles. The molecular weight excluding hydrogens is 414 g/mol. The Morgan fingerprint density at radius 2 is 2.07 bits per heavy atom. The Bertz CT molecular complexity index is 1120. The monoisotopic (exact) mass is 433 g/mol. The van der Waals surface area contributed by atoms with Crippen molar-refractivity contribution < 1.29 is 13.2 Å². The molecule has 0 atom stereocenters. The number of nitrogens with zero attached hydrogens (tertiary/aromatic N) is 3. The predicted octanol–water partition coefficient (Wildman–Crippen LogP) is 3.25. The fraction of sp³-hybridized carbons (Fsp3) is 0.263. The number of benzene rings is 1. The number of sulfonamides is 1. The average molecular weight is 434 g/mol. The number of carbonyl (C=O) groups excluding carboxylic acids is 1. The second-order valence-corrected chi connectivity index (χ2v) is 10.5. The van der Waals surface area contributed by atoms with Gasteiger partial charge >= 0.3 is 0 Å². The molecule has 0 N–H and O–H groups in total. The van der Waals surface area contributed by atoms with Crippen molar-refractivity contribution in [2.45, 2.75) is 17.7 Å². The molecule has 0 radical (unpaired) electrons. The first-order valence-corrected chi connectivity index (χ1v) is 12.0. The highest BCUT2D eigenvalue weighted by Gasteiger charge is 2.27. The Hall–Kier alpha value is -2.07. The molecule has 4 rings (SSSR count). The zero-order chi connectivity index (χ0) is 19.9. The molecule has 0 aliphatic carbocycles. The van der Waals surface area contributed by atoms with E-state index >= 15 is 0 Å². The van der Waals surface area contributed by atoms with Gasteiger partial charge in [-0.2, -0.15) is 11.3 Å². The smallest absolute Gasteiger partial charge is 0.242 e. The van der Waals surface area contributed by atoms with Gasteiger partial charge in [0.05, 0.1) is 17.0 Å². The van der Waals surface area contributed by atoms with Gasteiger partial charge in [-0.3, -0.25) is 4.79 Å². The lowest BCUT2D eigenvalue weighted by molar-refractivity contribution is -0.117. The van der Waals surface area contributed by atoms with Gasteiger partial charge in [-0.15, -0.1) is 11.3 Å². The van der Waals surface area contributed by atoms with E-state index in [9.17, 15) is 13.2 Å². The summed E-state index contributed by atoms with van der Waals surface area (Å²) in [6.45, 7) is 0.557. The number of amides is 1. The van der Waals surface area contributed by atoms with E-state index in [1.165, 1.54) is 29.7 Å². The maximum atomic E-state index is 12.8. The van der Waals surface area contributed by atoms with Crippen molar-refractivity contribution in [1.29, 1.82) is 0 Å². The zero-order valence-corrected chi connectivity index (χ0v) is 17.9. The maximum Gasteiger partial charge on any atom is 0.242 e. The molecule has 6 nitrogen and oxygen atoms in total. The molecule has 1 aliphatic heterocycles. The Balaban J connectivity index is 1.52. The molecule has 0 saturated carbocycles. The lowest BCUT2D eigenvalue weighted by Crippen LogP contribution is -2.30. The van der Waals surface area contributed by atoms with Crippen LogP contribution in [0.2, 0.25) is 0 Å². The van der Waals surface area contributed by atoms with Crippen LogP contribution in [-0.2, 0) is 27.7 Å². The second kappa shape index (κ2) is 7.40. The SMILES string of the molecule is CN(C)S(=O)(=O)c1ccc2c(c1)CCN2C(=O)Cc1csc(-c2ccsc2)n1. The van der Waals surface area contributed by atoms with Gasteiger partial charge in [0.2, 0.25) is 15.9 Å². The minimum Gasteiger partial charge on any atom is -0.311 e. The molecule has 1 aliphatic rings. The van der Waals surface area contributed by atoms with E-state index in [4.69, 9.17) is 0 Å². The molecule has 1 aromatic carbocycles. The molecule has 0 saturated heterocycles. The van der Waals surface area contributed by atoms with E-state index in [0.717, 1.165) is 27.5 Å². The first-order chi connectivity index (χ1) is 13.4. The molecule has 0 bridgehead atoms. The summed E-state index contributed by atoms with van der Waals surface area (Å²) in [6.07, 6.45) is 0.882. The van der Waals surface area contributed by atoms with Crippen LogP contribution in [0, 0.1) is 0 Å². The van der Waals surface area contributed by atoms with Gasteiger partial charge in [-0.25, -0.2) is 17.7 Å². The molecule has 146 valence electrons. The van der Waals surface area contributed by atoms with E-state index in [1.807, 2.05) is 22.2 Å². The van der Waals surface area contributed by atoms with Gasteiger partial charge in [0.15, 0.2) is 0 Å².